The molecule has 0 saturated heterocycles. The van der Waals surface area contributed by atoms with Crippen LogP contribution in [0.1, 0.15) is 76.9 Å². The van der Waals surface area contributed by atoms with E-state index in [4.69, 9.17) is 37.4 Å². The van der Waals surface area contributed by atoms with Crippen molar-refractivity contribution in [2.24, 2.45) is 0 Å². The van der Waals surface area contributed by atoms with Crippen LogP contribution in [-0.4, -0.2) is 77.1 Å². The Hall–Kier alpha value is -5.14. The molecule has 4 aromatic rings. The second kappa shape index (κ2) is 18.0. The number of hydrogen-bond donors (Lipinski definition) is 4. The van der Waals surface area contributed by atoms with Gasteiger partial charge in [0.25, 0.3) is 5.91 Å². The maximum atomic E-state index is 14.2. The molecular weight excluding hydrogens is 751 g/mol. The third kappa shape index (κ3) is 12.7. The summed E-state index contributed by atoms with van der Waals surface area (Å²) in [5.41, 5.74) is -0.468. The van der Waals surface area contributed by atoms with E-state index in [1.165, 1.54) is 12.1 Å². The van der Waals surface area contributed by atoms with Gasteiger partial charge in [0.2, 0.25) is 11.8 Å². The van der Waals surface area contributed by atoms with Crippen molar-refractivity contribution in [3.63, 3.8) is 0 Å². The fourth-order valence-corrected chi connectivity index (χ4v) is 6.24. The first-order valence-electron chi connectivity index (χ1n) is 17.6. The number of H-pyrrole nitrogens is 1. The molecule has 0 aliphatic carbocycles. The van der Waals surface area contributed by atoms with E-state index in [1.54, 1.807) is 47.6 Å². The van der Waals surface area contributed by atoms with Gasteiger partial charge in [-0.05, 0) is 82.5 Å². The van der Waals surface area contributed by atoms with Crippen LogP contribution < -0.4 is 16.0 Å². The number of halogens is 2. The Bertz CT molecular complexity index is 2080. The Morgan fingerprint density at radius 3 is 1.98 bits per heavy atom. The lowest BCUT2D eigenvalue weighted by Gasteiger charge is -2.26. The van der Waals surface area contributed by atoms with Crippen LogP contribution in [0, 0.1) is 0 Å². The molecule has 0 saturated carbocycles. The monoisotopic (exact) mass is 796 g/mol. The highest BCUT2D eigenvalue weighted by Crippen LogP contribution is 2.28. The molecule has 55 heavy (non-hydrogen) atoms. The van der Waals surface area contributed by atoms with Crippen LogP contribution >= 0.6 is 23.2 Å². The zero-order chi connectivity index (χ0) is 40.7. The lowest BCUT2D eigenvalue weighted by atomic mass is 10.0. The molecule has 3 aromatic carbocycles. The van der Waals surface area contributed by atoms with Gasteiger partial charge in [-0.1, -0.05) is 65.7 Å². The van der Waals surface area contributed by atoms with E-state index in [2.05, 4.69) is 20.9 Å². The van der Waals surface area contributed by atoms with E-state index in [9.17, 15) is 28.8 Å². The molecule has 0 unspecified atom stereocenters. The average molecular weight is 798 g/mol. The van der Waals surface area contributed by atoms with Crippen molar-refractivity contribution >= 4 is 80.5 Å². The molecule has 0 bridgehead atoms. The number of fused-ring (bicyclic) bond motifs is 2. The number of esters is 3. The molecule has 15 heteroatoms. The summed E-state index contributed by atoms with van der Waals surface area (Å²) in [5, 5.41) is 10.9. The van der Waals surface area contributed by atoms with Gasteiger partial charge in [-0.25, -0.2) is 4.79 Å². The number of aromatic nitrogens is 1. The smallest absolute Gasteiger partial charge is 0.328 e. The van der Waals surface area contributed by atoms with Crippen LogP contribution in [0.25, 0.3) is 21.7 Å². The van der Waals surface area contributed by atoms with E-state index >= 15 is 0 Å². The van der Waals surface area contributed by atoms with Gasteiger partial charge >= 0.3 is 17.9 Å². The number of nitrogens with one attached hydrogen (secondary N) is 4. The SMILES string of the molecule is COC(=O)[C@H](CCC(=O)OC(C)(C)C)NC(=O)[C@H](CC(=O)OC(C)(C)C)NC(=O)[C@H](Cc1ccc2ccccc2c1)NC(=O)c1cc2cc(Cl)cc(Cl)c2[nH]1. The summed E-state index contributed by atoms with van der Waals surface area (Å²) in [7, 11) is 1.12. The minimum Gasteiger partial charge on any atom is -0.467 e. The van der Waals surface area contributed by atoms with Gasteiger partial charge in [0.1, 0.15) is 35.0 Å². The highest BCUT2D eigenvalue weighted by molar-refractivity contribution is 6.38. The summed E-state index contributed by atoms with van der Waals surface area (Å²) < 4.78 is 15.6. The number of amides is 3. The number of carbonyl (C=O) groups is 6. The summed E-state index contributed by atoms with van der Waals surface area (Å²) >= 11 is 12.5. The summed E-state index contributed by atoms with van der Waals surface area (Å²) in [5.74, 6) is -4.70. The molecule has 1 heterocycles. The van der Waals surface area contributed by atoms with E-state index in [0.29, 0.717) is 26.5 Å². The van der Waals surface area contributed by atoms with Gasteiger partial charge in [-0.3, -0.25) is 24.0 Å². The normalized spacial score (nSPS) is 13.3. The third-order valence-electron chi connectivity index (χ3n) is 8.05. The van der Waals surface area contributed by atoms with Crippen molar-refractivity contribution in [3.8, 4) is 0 Å². The van der Waals surface area contributed by atoms with Gasteiger partial charge in [0.05, 0.1) is 24.1 Å². The zero-order valence-electron chi connectivity index (χ0n) is 31.8. The van der Waals surface area contributed by atoms with Crippen LogP contribution in [0.4, 0.5) is 0 Å². The molecular formula is C40H46Cl2N4O9. The van der Waals surface area contributed by atoms with E-state index in [0.717, 1.165) is 17.9 Å². The molecule has 0 fully saturated rings. The van der Waals surface area contributed by atoms with Gasteiger partial charge in [-0.2, -0.15) is 0 Å². The van der Waals surface area contributed by atoms with E-state index in [-0.39, 0.29) is 25.0 Å². The van der Waals surface area contributed by atoms with Crippen molar-refractivity contribution in [3.05, 3.63) is 82.0 Å². The molecule has 1 aromatic heterocycles. The fraction of sp³-hybridized carbons (Fsp3) is 0.400. The maximum absolute atomic E-state index is 14.2. The Balaban J connectivity index is 1.64. The van der Waals surface area contributed by atoms with Crippen molar-refractivity contribution in [1.82, 2.24) is 20.9 Å². The fourth-order valence-electron chi connectivity index (χ4n) is 5.68. The Kier molecular flexibility index (Phi) is 13.9. The summed E-state index contributed by atoms with van der Waals surface area (Å²) in [4.78, 5) is 82.9. The van der Waals surface area contributed by atoms with Crippen LogP contribution in [0.2, 0.25) is 10.0 Å². The molecule has 294 valence electrons. The lowest BCUT2D eigenvalue weighted by molar-refractivity contribution is -0.156. The first kappa shape index (κ1) is 42.6. The molecule has 0 aliphatic rings. The molecule has 3 amide bonds. The average Bonchev–Trinajstić information content (AvgIpc) is 3.52. The number of rotatable bonds is 14. The van der Waals surface area contributed by atoms with Gasteiger partial charge in [-0.15, -0.1) is 0 Å². The van der Waals surface area contributed by atoms with Gasteiger partial charge < -0.3 is 35.1 Å². The molecule has 13 nitrogen and oxygen atoms in total. The number of carbonyl (C=O) groups excluding carboxylic acids is 6. The minimum atomic E-state index is -1.58. The minimum absolute atomic E-state index is 0.0172. The quantitative estimate of drug-likeness (QED) is 0.0884. The molecule has 0 aliphatic heterocycles. The number of hydrogen-bond acceptors (Lipinski definition) is 9. The van der Waals surface area contributed by atoms with Crippen LogP contribution in [0.3, 0.4) is 0 Å². The topological polar surface area (TPSA) is 182 Å². The highest BCUT2D eigenvalue weighted by Gasteiger charge is 2.34. The van der Waals surface area contributed by atoms with Gasteiger partial charge in [0, 0.05) is 23.3 Å². The van der Waals surface area contributed by atoms with Crippen LogP contribution in [0.5, 0.6) is 0 Å². The number of methoxy groups -OCH3 is 1. The zero-order valence-corrected chi connectivity index (χ0v) is 33.3. The van der Waals surface area contributed by atoms with Crippen molar-refractivity contribution in [1.29, 1.82) is 0 Å². The van der Waals surface area contributed by atoms with Crippen molar-refractivity contribution in [2.45, 2.75) is 96.6 Å². The number of benzene rings is 3. The largest absolute Gasteiger partial charge is 0.467 e. The second-order valence-corrected chi connectivity index (χ2v) is 15.9. The van der Waals surface area contributed by atoms with Crippen LogP contribution in [-0.2, 0) is 44.6 Å². The molecule has 0 spiro atoms. The van der Waals surface area contributed by atoms with Crippen molar-refractivity contribution < 1.29 is 43.0 Å². The Labute approximate surface area is 329 Å². The molecule has 3 atom stereocenters. The summed E-state index contributed by atoms with van der Waals surface area (Å²) in [6.45, 7) is 10.00. The maximum Gasteiger partial charge on any atom is 0.328 e. The first-order chi connectivity index (χ1) is 25.7. The third-order valence-corrected chi connectivity index (χ3v) is 8.56. The Morgan fingerprint density at radius 2 is 1.33 bits per heavy atom. The molecule has 0 radical (unpaired) electrons. The highest BCUT2D eigenvalue weighted by atomic mass is 35.5. The Morgan fingerprint density at radius 1 is 0.709 bits per heavy atom. The van der Waals surface area contributed by atoms with E-state index < -0.39 is 71.4 Å². The van der Waals surface area contributed by atoms with Crippen LogP contribution in [0.15, 0.2) is 60.7 Å². The second-order valence-electron chi connectivity index (χ2n) is 15.0. The molecule has 4 N–H and O–H groups in total. The predicted molar refractivity (Wildman–Crippen MR) is 209 cm³/mol. The first-order valence-corrected chi connectivity index (χ1v) is 18.4. The summed E-state index contributed by atoms with van der Waals surface area (Å²) in [6, 6.07) is 13.7. The molecule has 4 rings (SSSR count). The van der Waals surface area contributed by atoms with Crippen molar-refractivity contribution in [2.75, 3.05) is 7.11 Å². The summed E-state index contributed by atoms with van der Waals surface area (Å²) in [6.07, 6.45) is -1.09. The standard InChI is InChI=1S/C40H46Cl2N4O9/c1-39(2,3)54-32(47)15-14-28(38(52)53-7)44-37(51)31(21-33(48)55-40(4,5)6)46-35(49)29(17-22-12-13-23-10-8-9-11-24(23)16-22)45-36(50)30-19-25-18-26(41)20-27(42)34(25)43-30/h8-13,16,18-20,28-29,31,43H,14-15,17,21H2,1-7H3,(H,44,51)(H,45,50)(H,46,49)/t28-,29-,31-/m0/s1. The van der Waals surface area contributed by atoms with E-state index in [1.807, 2.05) is 42.5 Å². The predicted octanol–water partition coefficient (Wildman–Crippen LogP) is 5.97. The lowest BCUT2D eigenvalue weighted by Crippen LogP contribution is -2.57. The number of aromatic amines is 1. The van der Waals surface area contributed by atoms with Gasteiger partial charge in [0.15, 0.2) is 0 Å². The number of ether oxygens (including phenoxy) is 3.